The number of aromatic nitrogens is 4. The van der Waals surface area contributed by atoms with Crippen molar-refractivity contribution in [3.8, 4) is 22.9 Å². The second kappa shape index (κ2) is 10.3. The number of carbonyl (C=O) groups is 1. The lowest BCUT2D eigenvalue weighted by Crippen LogP contribution is -2.43. The van der Waals surface area contributed by atoms with Crippen molar-refractivity contribution in [3.63, 3.8) is 0 Å². The predicted octanol–water partition coefficient (Wildman–Crippen LogP) is 4.47. The molecule has 5 rings (SSSR count). The van der Waals surface area contributed by atoms with E-state index in [1.165, 1.54) is 0 Å². The van der Waals surface area contributed by atoms with Gasteiger partial charge in [-0.05, 0) is 65.9 Å². The minimum atomic E-state index is -0.479. The van der Waals surface area contributed by atoms with E-state index in [0.717, 1.165) is 62.0 Å². The zero-order chi connectivity index (χ0) is 27.0. The molecule has 2 aliphatic rings. The summed E-state index contributed by atoms with van der Waals surface area (Å²) >= 11 is 0. The van der Waals surface area contributed by atoms with Crippen LogP contribution in [0.2, 0.25) is 0 Å². The van der Waals surface area contributed by atoms with Gasteiger partial charge in [-0.25, -0.2) is 9.31 Å². The van der Waals surface area contributed by atoms with Gasteiger partial charge in [0.15, 0.2) is 0 Å². The van der Waals surface area contributed by atoms with E-state index >= 15 is 0 Å². The molecule has 1 N–H and O–H groups in total. The van der Waals surface area contributed by atoms with E-state index < -0.39 is 5.60 Å². The normalized spacial score (nSPS) is 20.9. The number of carbonyl (C=O) groups excluding carboxylic acids is 1. The first-order valence-corrected chi connectivity index (χ1v) is 13.4. The Morgan fingerprint density at radius 3 is 2.58 bits per heavy atom. The molecular weight excluding hydrogens is 482 g/mol. The van der Waals surface area contributed by atoms with Crippen molar-refractivity contribution < 1.29 is 14.3 Å². The molecule has 4 heterocycles. The van der Waals surface area contributed by atoms with Gasteiger partial charge in [-0.2, -0.15) is 15.5 Å². The first-order chi connectivity index (χ1) is 18.2. The molecule has 2 atom stereocenters. The highest BCUT2D eigenvalue weighted by molar-refractivity contribution is 5.76. The molecule has 1 aliphatic carbocycles. The van der Waals surface area contributed by atoms with Crippen molar-refractivity contribution in [3.05, 3.63) is 35.9 Å². The van der Waals surface area contributed by atoms with Gasteiger partial charge in [-0.3, -0.25) is 4.68 Å². The Morgan fingerprint density at radius 2 is 1.89 bits per heavy atom. The summed E-state index contributed by atoms with van der Waals surface area (Å²) in [7, 11) is 1.61. The van der Waals surface area contributed by atoms with Crippen LogP contribution in [0.15, 0.2) is 24.7 Å². The molecule has 2 fully saturated rings. The van der Waals surface area contributed by atoms with Gasteiger partial charge in [0.2, 0.25) is 0 Å². The highest BCUT2D eigenvalue weighted by Gasteiger charge is 2.34. The summed E-state index contributed by atoms with van der Waals surface area (Å²) in [4.78, 5) is 14.7. The second-order valence-corrected chi connectivity index (χ2v) is 11.4. The Bertz CT molecular complexity index is 1360. The summed E-state index contributed by atoms with van der Waals surface area (Å²) in [6, 6.07) is 5.15. The average Bonchev–Trinajstić information content (AvgIpc) is 3.60. The van der Waals surface area contributed by atoms with Gasteiger partial charge >= 0.3 is 6.09 Å². The van der Waals surface area contributed by atoms with Gasteiger partial charge in [0.05, 0.1) is 25.5 Å². The number of likely N-dealkylation sites (tertiary alicyclic amines) is 1. The third-order valence-electron chi connectivity index (χ3n) is 7.76. The maximum Gasteiger partial charge on any atom is 0.407 e. The molecule has 1 saturated carbocycles. The van der Waals surface area contributed by atoms with E-state index in [2.05, 4.69) is 33.0 Å². The van der Waals surface area contributed by atoms with Crippen LogP contribution in [0.1, 0.15) is 70.2 Å². The van der Waals surface area contributed by atoms with E-state index in [1.54, 1.807) is 17.8 Å². The second-order valence-electron chi connectivity index (χ2n) is 11.4. The Kier molecular flexibility index (Phi) is 7.05. The summed E-state index contributed by atoms with van der Waals surface area (Å²) in [5.41, 5.74) is 3.78. The number of hydrogen-bond acceptors (Lipinski definition) is 7. The van der Waals surface area contributed by atoms with E-state index in [9.17, 15) is 10.1 Å². The smallest absolute Gasteiger partial charge is 0.407 e. The lowest BCUT2D eigenvalue weighted by molar-refractivity contribution is 0.0502. The number of piperidine rings is 1. The number of ether oxygens (including phenoxy) is 2. The number of methoxy groups -OCH3 is 1. The van der Waals surface area contributed by atoms with E-state index in [0.29, 0.717) is 28.9 Å². The van der Waals surface area contributed by atoms with Crippen molar-refractivity contribution in [1.82, 2.24) is 29.6 Å². The summed E-state index contributed by atoms with van der Waals surface area (Å²) < 4.78 is 14.9. The molecule has 0 bridgehead atoms. The monoisotopic (exact) mass is 519 g/mol. The van der Waals surface area contributed by atoms with Crippen LogP contribution in [-0.2, 0) is 4.74 Å². The number of nitrogens with one attached hydrogen (secondary N) is 1. The Morgan fingerprint density at radius 1 is 1.13 bits per heavy atom. The third kappa shape index (κ3) is 5.20. The number of fused-ring (bicyclic) bond motifs is 1. The van der Waals surface area contributed by atoms with Crippen LogP contribution < -0.4 is 10.1 Å². The number of nitriles is 1. The van der Waals surface area contributed by atoms with Crippen LogP contribution in [-0.4, -0.2) is 68.3 Å². The highest BCUT2D eigenvalue weighted by atomic mass is 16.6. The molecule has 0 radical (unpaired) electrons. The van der Waals surface area contributed by atoms with Gasteiger partial charge in [-0.1, -0.05) is 0 Å². The number of pyridine rings is 1. The number of alkyl carbamates (subject to hydrolysis) is 1. The maximum atomic E-state index is 12.2. The quantitative estimate of drug-likeness (QED) is 0.530. The molecule has 3 aromatic heterocycles. The number of rotatable bonds is 5. The summed E-state index contributed by atoms with van der Waals surface area (Å²) in [5, 5.41) is 21.6. The van der Waals surface area contributed by atoms with Gasteiger partial charge in [0, 0.05) is 48.2 Å². The van der Waals surface area contributed by atoms with Crippen molar-refractivity contribution in [2.75, 3.05) is 20.2 Å². The largest absolute Gasteiger partial charge is 0.494 e. The van der Waals surface area contributed by atoms with E-state index in [-0.39, 0.29) is 12.1 Å². The van der Waals surface area contributed by atoms with E-state index in [1.807, 2.05) is 39.2 Å². The van der Waals surface area contributed by atoms with Crippen LogP contribution in [0.25, 0.3) is 16.6 Å². The molecule has 0 aromatic carbocycles. The molecule has 38 heavy (non-hydrogen) atoms. The van der Waals surface area contributed by atoms with Crippen molar-refractivity contribution in [2.45, 2.75) is 83.5 Å². The van der Waals surface area contributed by atoms with Gasteiger partial charge < -0.3 is 19.7 Å². The molecule has 1 saturated heterocycles. The minimum Gasteiger partial charge on any atom is -0.494 e. The highest BCUT2D eigenvalue weighted by Crippen LogP contribution is 2.35. The third-order valence-corrected chi connectivity index (χ3v) is 7.76. The molecule has 1 aliphatic heterocycles. The van der Waals surface area contributed by atoms with Crippen LogP contribution >= 0.6 is 0 Å². The molecule has 202 valence electrons. The van der Waals surface area contributed by atoms with Crippen molar-refractivity contribution >= 4 is 11.6 Å². The summed E-state index contributed by atoms with van der Waals surface area (Å²) in [6.45, 7) is 9.81. The first-order valence-electron chi connectivity index (χ1n) is 13.4. The Hall–Kier alpha value is -3.58. The molecule has 1 unspecified atom stereocenters. The summed E-state index contributed by atoms with van der Waals surface area (Å²) in [5.74, 6) is 0.619. The fourth-order valence-electron chi connectivity index (χ4n) is 5.93. The van der Waals surface area contributed by atoms with Crippen molar-refractivity contribution in [2.24, 2.45) is 0 Å². The van der Waals surface area contributed by atoms with Crippen LogP contribution in [0.3, 0.4) is 0 Å². The molecule has 10 heteroatoms. The minimum absolute atomic E-state index is 0.178. The SMILES string of the molecule is COc1cc(-c2cnn(C3CCN(C4CC[C@@H](NC(=O)OC(C)(C)C)C4)CC3)c2C)cn2ncc(C#N)c12. The Balaban J connectivity index is 1.22. The Labute approximate surface area is 223 Å². The van der Waals surface area contributed by atoms with Gasteiger partial charge in [-0.15, -0.1) is 0 Å². The zero-order valence-electron chi connectivity index (χ0n) is 22.9. The summed E-state index contributed by atoms with van der Waals surface area (Å²) in [6.07, 6.45) is 10.2. The number of hydrogen-bond donors (Lipinski definition) is 1. The lowest BCUT2D eigenvalue weighted by Gasteiger charge is -2.36. The number of amides is 1. The van der Waals surface area contributed by atoms with Crippen LogP contribution in [0.4, 0.5) is 4.79 Å². The topological polar surface area (TPSA) is 110 Å². The van der Waals surface area contributed by atoms with Crippen LogP contribution in [0.5, 0.6) is 5.75 Å². The van der Waals surface area contributed by atoms with E-state index in [4.69, 9.17) is 14.6 Å². The molecular formula is C28H37N7O3. The van der Waals surface area contributed by atoms with Crippen LogP contribution in [0, 0.1) is 18.3 Å². The molecule has 0 spiro atoms. The zero-order valence-corrected chi connectivity index (χ0v) is 22.9. The fourth-order valence-corrected chi connectivity index (χ4v) is 5.93. The molecule has 3 aromatic rings. The average molecular weight is 520 g/mol. The molecule has 10 nitrogen and oxygen atoms in total. The van der Waals surface area contributed by atoms with Crippen molar-refractivity contribution in [1.29, 1.82) is 5.26 Å². The van der Waals surface area contributed by atoms with Gasteiger partial charge in [0.25, 0.3) is 0 Å². The predicted molar refractivity (Wildman–Crippen MR) is 143 cm³/mol. The first kappa shape index (κ1) is 26.0. The standard InChI is InChI=1S/C28H37N7O3/c1-18-24(19-12-25(37-5)26-20(14-29)15-30-34(26)17-19)16-31-35(18)22-8-10-33(11-9-22)23-7-6-21(13-23)32-27(36)38-28(2,3)4/h12,15-17,21-23H,6-11,13H2,1-5H3,(H,32,36)/t21-,23?/m1/s1. The molecule has 1 amide bonds. The lowest BCUT2D eigenvalue weighted by atomic mass is 10.0. The fraction of sp³-hybridized carbons (Fsp3) is 0.571. The van der Waals surface area contributed by atoms with Gasteiger partial charge in [0.1, 0.15) is 28.5 Å². The number of nitrogens with zero attached hydrogens (tertiary/aromatic N) is 6. The maximum absolute atomic E-state index is 12.2.